The Kier molecular flexibility index (Phi) is 35.7. The Morgan fingerprint density at radius 2 is 1.10 bits per heavy atom. The van der Waals surface area contributed by atoms with Gasteiger partial charge in [0.2, 0.25) is 0 Å². The first kappa shape index (κ1) is 50.8. The molecule has 0 aromatic heterocycles. The second kappa shape index (κ2) is 35.2. The van der Waals surface area contributed by atoms with E-state index in [1.807, 2.05) is 13.8 Å². The lowest BCUT2D eigenvalue weighted by Gasteiger charge is -2.15. The lowest BCUT2D eigenvalue weighted by Crippen LogP contribution is -2.24. The fourth-order valence-electron chi connectivity index (χ4n) is 2.53. The molecule has 0 radical (unpaired) electrons. The first-order valence-electron chi connectivity index (χ1n) is 15.1. The fraction of sp³-hybridized carbons (Fsp3) is 0.733. The van der Waals surface area contributed by atoms with Crippen LogP contribution in [0.1, 0.15) is 34.1 Å². The molecular formula is C30H52O18S2. The van der Waals surface area contributed by atoms with E-state index in [1.54, 1.807) is 19.9 Å². The maximum Gasteiger partial charge on any atom is 0.508 e. The third-order valence-corrected chi connectivity index (χ3v) is 6.05. The summed E-state index contributed by atoms with van der Waals surface area (Å²) < 4.78 is 48.1. The molecule has 0 rings (SSSR count). The van der Waals surface area contributed by atoms with Gasteiger partial charge in [-0.1, -0.05) is 19.9 Å². The standard InChI is InChI=1S/C15H26O9S.C13H22O7.C2H4O2S/c1-11(7-21-5-4-6-25-10-13(16)17)8-22-15(19)24-12(2)9-23-14(18)20-3;1-5-6-17-7-10(2)8-18-13(15)20-11(3)9-19-12(14)16-4;3-2(4)1-5/h11-12H,4-10H2,1-3H3,(H,16,17);5,10-11H,1,6-9H2,2-4H3;5H,1H2,(H,3,4). The maximum absolute atomic E-state index is 11.5. The molecule has 2 N–H and O–H groups in total. The minimum atomic E-state index is -0.881. The van der Waals surface area contributed by atoms with Gasteiger partial charge in [0.25, 0.3) is 0 Å². The molecule has 50 heavy (non-hydrogen) atoms. The summed E-state index contributed by atoms with van der Waals surface area (Å²) in [6.45, 7) is 12.3. The summed E-state index contributed by atoms with van der Waals surface area (Å²) in [4.78, 5) is 63.9. The molecular weight excluding hydrogens is 712 g/mol. The van der Waals surface area contributed by atoms with Crippen molar-refractivity contribution in [1.29, 1.82) is 0 Å². The second-order valence-corrected chi connectivity index (χ2v) is 11.4. The molecule has 0 aliphatic carbocycles. The molecule has 0 saturated heterocycles. The zero-order chi connectivity index (χ0) is 38.7. The summed E-state index contributed by atoms with van der Waals surface area (Å²) >= 11 is 4.76. The van der Waals surface area contributed by atoms with Crippen molar-refractivity contribution >= 4 is 61.0 Å². The van der Waals surface area contributed by atoms with Gasteiger partial charge >= 0.3 is 36.6 Å². The summed E-state index contributed by atoms with van der Waals surface area (Å²) in [5, 5.41) is 16.1. The van der Waals surface area contributed by atoms with Crippen LogP contribution in [0.4, 0.5) is 19.2 Å². The number of aliphatic carboxylic acids is 2. The number of thiol groups is 1. The Labute approximate surface area is 302 Å². The molecule has 0 amide bonds. The first-order valence-corrected chi connectivity index (χ1v) is 16.9. The van der Waals surface area contributed by atoms with Crippen molar-refractivity contribution in [3.05, 3.63) is 12.7 Å². The van der Waals surface area contributed by atoms with Crippen molar-refractivity contribution in [2.45, 2.75) is 46.3 Å². The minimum absolute atomic E-state index is 0.0131. The SMILES string of the molecule is C=CCOCC(C)COC(=O)OC(C)COC(=O)OC.COC(=O)OCC(C)OC(=O)OCC(C)COCCCSCC(=O)O.O=C(O)CS. The van der Waals surface area contributed by atoms with Gasteiger partial charge in [0.05, 0.1) is 58.8 Å². The molecule has 0 fully saturated rings. The zero-order valence-corrected chi connectivity index (χ0v) is 31.1. The lowest BCUT2D eigenvalue weighted by atomic mass is 10.2. The Bertz CT molecular complexity index is 951. The summed E-state index contributed by atoms with van der Waals surface area (Å²) in [5.74, 6) is -0.946. The number of carboxylic acid groups (broad SMARTS) is 2. The molecule has 0 bridgehead atoms. The van der Waals surface area contributed by atoms with Gasteiger partial charge in [0, 0.05) is 18.4 Å². The van der Waals surface area contributed by atoms with E-state index in [-0.39, 0.29) is 49.8 Å². The number of carbonyl (C=O) groups is 6. The van der Waals surface area contributed by atoms with E-state index in [2.05, 4.69) is 38.2 Å². The van der Waals surface area contributed by atoms with Gasteiger partial charge < -0.3 is 57.6 Å². The smallest absolute Gasteiger partial charge is 0.481 e. The number of hydrogen-bond acceptors (Lipinski definition) is 18. The van der Waals surface area contributed by atoms with Crippen LogP contribution < -0.4 is 0 Å². The Hall–Kier alpha value is -3.62. The van der Waals surface area contributed by atoms with Crippen molar-refractivity contribution in [2.75, 3.05) is 84.3 Å². The number of ether oxygens (including phenoxy) is 10. The predicted molar refractivity (Wildman–Crippen MR) is 182 cm³/mol. The van der Waals surface area contributed by atoms with E-state index in [9.17, 15) is 28.8 Å². The van der Waals surface area contributed by atoms with Crippen LogP contribution >= 0.6 is 24.4 Å². The molecule has 0 aromatic rings. The number of thioether (sulfide) groups is 1. The molecule has 0 heterocycles. The number of methoxy groups -OCH3 is 2. The van der Waals surface area contributed by atoms with E-state index >= 15 is 0 Å². The van der Waals surface area contributed by atoms with Crippen LogP contribution in [-0.4, -0.2) is 143 Å². The average molecular weight is 765 g/mol. The van der Waals surface area contributed by atoms with E-state index < -0.39 is 48.8 Å². The van der Waals surface area contributed by atoms with E-state index in [1.165, 1.54) is 26.0 Å². The molecule has 0 aliphatic rings. The highest BCUT2D eigenvalue weighted by Gasteiger charge is 2.16. The first-order chi connectivity index (χ1) is 23.6. The highest BCUT2D eigenvalue weighted by molar-refractivity contribution is 7.99. The Balaban J connectivity index is -0.000000791. The quantitative estimate of drug-likeness (QED) is 0.0432. The van der Waals surface area contributed by atoms with Gasteiger partial charge in [0.15, 0.2) is 0 Å². The Morgan fingerprint density at radius 1 is 0.680 bits per heavy atom. The number of carbonyl (C=O) groups excluding carboxylic acids is 4. The van der Waals surface area contributed by atoms with Crippen LogP contribution in [0, 0.1) is 11.8 Å². The number of hydrogen-bond donors (Lipinski definition) is 3. The third kappa shape index (κ3) is 40.6. The highest BCUT2D eigenvalue weighted by atomic mass is 32.2. The molecule has 292 valence electrons. The monoisotopic (exact) mass is 764 g/mol. The minimum Gasteiger partial charge on any atom is -0.481 e. The van der Waals surface area contributed by atoms with E-state index in [0.717, 1.165) is 12.2 Å². The topological polar surface area (TPSA) is 235 Å². The average Bonchev–Trinajstić information content (AvgIpc) is 3.07. The van der Waals surface area contributed by atoms with Gasteiger partial charge in [0.1, 0.15) is 25.4 Å². The molecule has 0 spiro atoms. The van der Waals surface area contributed by atoms with Crippen LogP contribution in [0.25, 0.3) is 0 Å². The van der Waals surface area contributed by atoms with Crippen LogP contribution in [0.15, 0.2) is 12.7 Å². The van der Waals surface area contributed by atoms with Gasteiger partial charge in [-0.05, 0) is 26.0 Å². The summed E-state index contributed by atoms with van der Waals surface area (Å²) in [6, 6.07) is 0. The highest BCUT2D eigenvalue weighted by Crippen LogP contribution is 2.05. The summed E-state index contributed by atoms with van der Waals surface area (Å²) in [7, 11) is 2.37. The molecule has 0 aromatic carbocycles. The molecule has 4 atom stereocenters. The van der Waals surface area contributed by atoms with Crippen molar-refractivity contribution in [3.8, 4) is 0 Å². The molecule has 18 nitrogen and oxygen atoms in total. The van der Waals surface area contributed by atoms with E-state index in [4.69, 9.17) is 38.6 Å². The van der Waals surface area contributed by atoms with Crippen molar-refractivity contribution < 1.29 is 86.3 Å². The third-order valence-electron chi connectivity index (χ3n) is 4.75. The normalized spacial score (nSPS) is 12.3. The maximum atomic E-state index is 11.5. The van der Waals surface area contributed by atoms with Crippen LogP contribution in [-0.2, 0) is 57.0 Å². The summed E-state index contributed by atoms with van der Waals surface area (Å²) in [6.07, 6.45) is -2.22. The molecule has 20 heteroatoms. The Morgan fingerprint density at radius 3 is 1.48 bits per heavy atom. The van der Waals surface area contributed by atoms with Crippen LogP contribution in [0.3, 0.4) is 0 Å². The van der Waals surface area contributed by atoms with Gasteiger partial charge in [-0.25, -0.2) is 19.2 Å². The van der Waals surface area contributed by atoms with Gasteiger partial charge in [-0.3, -0.25) is 9.59 Å². The zero-order valence-electron chi connectivity index (χ0n) is 29.4. The number of rotatable bonds is 23. The molecule has 4 unspecified atom stereocenters. The van der Waals surface area contributed by atoms with Crippen LogP contribution in [0.5, 0.6) is 0 Å². The van der Waals surface area contributed by atoms with Gasteiger partial charge in [-0.2, -0.15) is 24.4 Å². The largest absolute Gasteiger partial charge is 0.508 e. The molecule has 0 aliphatic heterocycles. The van der Waals surface area contributed by atoms with Crippen molar-refractivity contribution in [1.82, 2.24) is 0 Å². The van der Waals surface area contributed by atoms with Crippen molar-refractivity contribution in [2.24, 2.45) is 11.8 Å². The second-order valence-electron chi connectivity index (χ2n) is 9.97. The number of carboxylic acids is 2. The predicted octanol–water partition coefficient (Wildman–Crippen LogP) is 4.32. The van der Waals surface area contributed by atoms with Gasteiger partial charge in [-0.15, -0.1) is 6.58 Å². The lowest BCUT2D eigenvalue weighted by molar-refractivity contribution is -0.134. The van der Waals surface area contributed by atoms with Crippen molar-refractivity contribution in [3.63, 3.8) is 0 Å². The fourth-order valence-corrected chi connectivity index (χ4v) is 3.17. The van der Waals surface area contributed by atoms with Crippen LogP contribution in [0.2, 0.25) is 0 Å². The molecule has 0 saturated carbocycles. The van der Waals surface area contributed by atoms with E-state index in [0.29, 0.717) is 26.4 Å². The summed E-state index contributed by atoms with van der Waals surface area (Å²) in [5.41, 5.74) is 0.